The maximum atomic E-state index is 12.9. The zero-order valence-corrected chi connectivity index (χ0v) is 64.2. The van der Waals surface area contributed by atoms with Crippen LogP contribution in [0.25, 0.3) is 0 Å². The molecule has 0 aliphatic carbocycles. The molecule has 0 aromatic heterocycles. The second kappa shape index (κ2) is 73.9. The van der Waals surface area contributed by atoms with Crippen molar-refractivity contribution >= 4 is 33.6 Å². The molecule has 18 heteroatoms. The van der Waals surface area contributed by atoms with Crippen LogP contribution in [0.5, 0.6) is 0 Å². The van der Waals surface area contributed by atoms with E-state index in [0.29, 0.717) is 19.3 Å². The van der Waals surface area contributed by atoms with Crippen LogP contribution in [-0.4, -0.2) is 95.9 Å². The van der Waals surface area contributed by atoms with E-state index < -0.39 is 91.5 Å². The van der Waals surface area contributed by atoms with Gasteiger partial charge in [0.1, 0.15) is 25.4 Å². The second-order valence-corrected chi connectivity index (χ2v) is 29.0. The van der Waals surface area contributed by atoms with Gasteiger partial charge in [-0.2, -0.15) is 0 Å². The van der Waals surface area contributed by atoms with Crippen LogP contribution in [0.15, 0.2) is 109 Å². The Balaban J connectivity index is 4.39. The number of carbonyl (C=O) groups is 3. The number of aliphatic hydroxyl groups excluding tert-OH is 2. The predicted molar refractivity (Wildman–Crippen MR) is 408 cm³/mol. The molecule has 0 amide bonds. The van der Waals surface area contributed by atoms with Crippen molar-refractivity contribution in [2.24, 2.45) is 0 Å². The average molecular weight is 1430 g/mol. The summed E-state index contributed by atoms with van der Waals surface area (Å²) in [6.45, 7) is 2.44. The third-order valence-corrected chi connectivity index (χ3v) is 18.4. The Morgan fingerprint density at radius 2 is 0.535 bits per heavy atom. The van der Waals surface area contributed by atoms with Gasteiger partial charge in [0.25, 0.3) is 0 Å². The van der Waals surface area contributed by atoms with Crippen molar-refractivity contribution in [1.82, 2.24) is 0 Å². The third kappa shape index (κ3) is 75.2. The smallest absolute Gasteiger partial charge is 0.463 e. The molecule has 572 valence electrons. The van der Waals surface area contributed by atoms with Gasteiger partial charge < -0.3 is 34.2 Å². The van der Waals surface area contributed by atoms with Crippen molar-refractivity contribution in [3.05, 3.63) is 109 Å². The lowest BCUT2D eigenvalue weighted by molar-refractivity contribution is -0.161. The lowest BCUT2D eigenvalue weighted by atomic mass is 10.0. The highest BCUT2D eigenvalue weighted by molar-refractivity contribution is 7.47. The molecule has 0 aliphatic heterocycles. The van der Waals surface area contributed by atoms with Crippen LogP contribution in [0, 0.1) is 0 Å². The maximum Gasteiger partial charge on any atom is 0.472 e. The summed E-state index contributed by atoms with van der Waals surface area (Å²) in [6.07, 6.45) is 85.9. The highest BCUT2D eigenvalue weighted by atomic mass is 31.2. The van der Waals surface area contributed by atoms with E-state index in [1.54, 1.807) is 0 Å². The molecule has 0 spiro atoms. The Morgan fingerprint density at radius 3 is 0.859 bits per heavy atom. The molecule has 0 saturated heterocycles. The minimum Gasteiger partial charge on any atom is -0.463 e. The molecule has 0 bridgehead atoms. The topological polar surface area (TPSA) is 231 Å². The Bertz CT molecular complexity index is 2240. The van der Waals surface area contributed by atoms with E-state index >= 15 is 0 Å². The number of hydrogen-bond acceptors (Lipinski definition) is 14. The molecule has 0 aliphatic rings. The lowest BCUT2D eigenvalue weighted by Crippen LogP contribution is -2.30. The number of ether oxygens (including phenoxy) is 3. The van der Waals surface area contributed by atoms with Crippen LogP contribution in [0.3, 0.4) is 0 Å². The second-order valence-electron chi connectivity index (χ2n) is 26.1. The molecule has 16 nitrogen and oxygen atoms in total. The number of phosphoric acid groups is 2. The normalized spacial score (nSPS) is 14.6. The lowest BCUT2D eigenvalue weighted by Gasteiger charge is -2.21. The summed E-state index contributed by atoms with van der Waals surface area (Å²) in [6, 6.07) is 0. The zero-order valence-electron chi connectivity index (χ0n) is 62.4. The van der Waals surface area contributed by atoms with Gasteiger partial charge in [-0.15, -0.1) is 0 Å². The fourth-order valence-corrected chi connectivity index (χ4v) is 12.1. The first-order valence-corrected chi connectivity index (χ1v) is 42.2. The largest absolute Gasteiger partial charge is 0.472 e. The van der Waals surface area contributed by atoms with Gasteiger partial charge in [0, 0.05) is 19.3 Å². The van der Waals surface area contributed by atoms with Gasteiger partial charge >= 0.3 is 33.6 Å². The maximum absolute atomic E-state index is 12.9. The van der Waals surface area contributed by atoms with E-state index in [0.717, 1.165) is 141 Å². The van der Waals surface area contributed by atoms with E-state index in [9.17, 15) is 43.5 Å². The number of hydrogen-bond donors (Lipinski definition) is 4. The Morgan fingerprint density at radius 1 is 0.293 bits per heavy atom. The van der Waals surface area contributed by atoms with E-state index in [4.69, 9.17) is 32.3 Å². The summed E-state index contributed by atoms with van der Waals surface area (Å²) < 4.78 is 61.0. The molecule has 0 aromatic rings. The quantitative estimate of drug-likeness (QED) is 0.0146. The Kier molecular flexibility index (Phi) is 71.1. The fraction of sp³-hybridized carbons (Fsp3) is 0.741. The minimum absolute atomic E-state index is 0.0913. The van der Waals surface area contributed by atoms with Crippen molar-refractivity contribution in [2.75, 3.05) is 39.6 Å². The van der Waals surface area contributed by atoms with E-state index in [2.05, 4.69) is 130 Å². The first-order valence-electron chi connectivity index (χ1n) is 39.2. The summed E-state index contributed by atoms with van der Waals surface area (Å²) >= 11 is 0. The number of unbranched alkanes of at least 4 members (excludes halogenated alkanes) is 33. The van der Waals surface area contributed by atoms with Crippen molar-refractivity contribution in [3.63, 3.8) is 0 Å². The van der Waals surface area contributed by atoms with Crippen LogP contribution in [0.4, 0.5) is 0 Å². The van der Waals surface area contributed by atoms with Gasteiger partial charge in [-0.05, 0) is 122 Å². The number of allylic oxidation sites excluding steroid dienone is 18. The first kappa shape index (κ1) is 95.2. The minimum atomic E-state index is -4.93. The van der Waals surface area contributed by atoms with Crippen molar-refractivity contribution in [1.29, 1.82) is 0 Å². The van der Waals surface area contributed by atoms with Gasteiger partial charge in [-0.1, -0.05) is 297 Å². The molecule has 0 fully saturated rings. The zero-order chi connectivity index (χ0) is 72.3. The van der Waals surface area contributed by atoms with Crippen molar-refractivity contribution in [3.8, 4) is 0 Å². The Labute approximate surface area is 602 Å². The van der Waals surface area contributed by atoms with Crippen LogP contribution >= 0.6 is 15.6 Å². The molecule has 0 radical (unpaired) electrons. The number of aliphatic hydroxyl groups is 2. The van der Waals surface area contributed by atoms with Crippen LogP contribution in [0.1, 0.15) is 329 Å². The van der Waals surface area contributed by atoms with Gasteiger partial charge in [-0.3, -0.25) is 32.5 Å². The van der Waals surface area contributed by atoms with Gasteiger partial charge in [0.15, 0.2) is 6.10 Å². The highest BCUT2D eigenvalue weighted by Gasteiger charge is 2.29. The number of rotatable bonds is 74. The van der Waals surface area contributed by atoms with E-state index in [1.165, 1.54) is 128 Å². The van der Waals surface area contributed by atoms with Gasteiger partial charge in [0.05, 0.1) is 26.4 Å². The molecule has 0 saturated carbocycles. The molecular weight excluding hydrogens is 1290 g/mol. The summed E-state index contributed by atoms with van der Waals surface area (Å²) in [5.41, 5.74) is 0. The SMILES string of the molecule is CC/C=C\C/C=C\C/C=C\C/C=C\C/C=C\CCCCCCCCCCCCCCCCCCCC(=O)OCC(O)COP(=O)(O)OCC(O)COP(=O)(O)OCC(COC(=O)CCCCCCC/C=C\C/C=C\C/C=C\CC)OC(=O)CCCCCCC/C=C\CCCCCCCC. The molecule has 99 heavy (non-hydrogen) atoms. The standard InChI is InChI=1S/C81H142O16P2/c1-4-7-10-13-16-19-22-25-28-29-30-31-32-33-34-35-36-37-38-39-40-41-42-43-44-45-48-50-52-55-58-61-64-67-79(84)91-70-76(82)71-93-98(87,88)94-72-77(83)73-95-99(89,90)96-75-78(97-81(86)69-66-63-60-57-54-51-47-27-24-21-18-15-12-9-6-3)74-92-80(85)68-65-62-59-56-53-49-46-26-23-20-17-14-11-8-5-2/h7-8,10-11,16-17,19-20,25-28,30-31,33-34,46-47,76-78,82-83H,4-6,9,12-15,18,21-24,29,32,35-45,48-75H2,1-3H3,(H,87,88)(H,89,90)/b10-7-,11-8-,19-16-,20-17-,28-25-,31-30-,34-33-,46-26-,47-27-. The fourth-order valence-electron chi connectivity index (χ4n) is 10.5. The summed E-state index contributed by atoms with van der Waals surface area (Å²) in [7, 11) is -9.79. The van der Waals surface area contributed by atoms with Crippen LogP contribution < -0.4 is 0 Å². The van der Waals surface area contributed by atoms with Crippen LogP contribution in [-0.2, 0) is 55.8 Å². The van der Waals surface area contributed by atoms with Crippen molar-refractivity contribution < 1.29 is 75.8 Å². The summed E-state index contributed by atoms with van der Waals surface area (Å²) in [5.74, 6) is -1.59. The number of carbonyl (C=O) groups excluding carboxylic acids is 3. The average Bonchev–Trinajstić information content (AvgIpc) is 1.43. The Hall–Kier alpha value is -3.79. The highest BCUT2D eigenvalue weighted by Crippen LogP contribution is 2.45. The monoisotopic (exact) mass is 1430 g/mol. The van der Waals surface area contributed by atoms with Crippen LogP contribution in [0.2, 0.25) is 0 Å². The van der Waals surface area contributed by atoms with E-state index in [1.807, 2.05) is 0 Å². The third-order valence-electron chi connectivity index (χ3n) is 16.5. The molecule has 5 atom stereocenters. The molecular formula is C81H142O16P2. The molecule has 0 rings (SSSR count). The van der Waals surface area contributed by atoms with Crippen molar-refractivity contribution in [2.45, 2.75) is 347 Å². The predicted octanol–water partition coefficient (Wildman–Crippen LogP) is 22.8. The summed E-state index contributed by atoms with van der Waals surface area (Å²) in [4.78, 5) is 58.5. The van der Waals surface area contributed by atoms with Gasteiger partial charge in [-0.25, -0.2) is 9.13 Å². The van der Waals surface area contributed by atoms with E-state index in [-0.39, 0.29) is 19.3 Å². The first-order chi connectivity index (χ1) is 48.2. The summed E-state index contributed by atoms with van der Waals surface area (Å²) in [5, 5.41) is 20.6. The molecule has 5 unspecified atom stereocenters. The number of phosphoric ester groups is 2. The number of esters is 3. The molecule has 0 aromatic carbocycles. The molecule has 0 heterocycles. The van der Waals surface area contributed by atoms with Gasteiger partial charge in [0.2, 0.25) is 0 Å². The molecule has 4 N–H and O–H groups in total.